The van der Waals surface area contributed by atoms with Crippen LogP contribution in [0.15, 0.2) is 18.2 Å². The van der Waals surface area contributed by atoms with Gasteiger partial charge in [-0.25, -0.2) is 4.98 Å². The number of halogens is 1. The van der Waals surface area contributed by atoms with E-state index in [0.717, 1.165) is 35.0 Å². The zero-order valence-corrected chi connectivity index (χ0v) is 8.29. The Morgan fingerprint density at radius 2 is 2.36 bits per heavy atom. The Morgan fingerprint density at radius 3 is 3.29 bits per heavy atom. The summed E-state index contributed by atoms with van der Waals surface area (Å²) in [6.45, 7) is 2.25. The molecule has 0 fully saturated rings. The minimum atomic E-state index is 0.603. The molecular weight excluding hydrogens is 200 g/mol. The maximum absolute atomic E-state index is 5.90. The molecule has 4 heteroatoms. The highest BCUT2D eigenvalue weighted by Crippen LogP contribution is 2.22. The van der Waals surface area contributed by atoms with Crippen LogP contribution in [0.5, 0.6) is 0 Å². The zero-order valence-electron chi connectivity index (χ0n) is 7.53. The molecule has 14 heavy (non-hydrogen) atoms. The molecule has 0 spiro atoms. The van der Waals surface area contributed by atoms with Crippen LogP contribution in [-0.2, 0) is 17.9 Å². The van der Waals surface area contributed by atoms with Crippen LogP contribution < -0.4 is 0 Å². The van der Waals surface area contributed by atoms with Gasteiger partial charge in [-0.1, -0.05) is 11.6 Å². The van der Waals surface area contributed by atoms with E-state index in [0.29, 0.717) is 6.61 Å². The Bertz CT molecular complexity index is 492. The molecule has 0 N–H and O–H groups in total. The minimum absolute atomic E-state index is 0.603. The molecule has 1 aromatic carbocycles. The highest BCUT2D eigenvalue weighted by molar-refractivity contribution is 6.31. The first-order valence-corrected chi connectivity index (χ1v) is 4.95. The van der Waals surface area contributed by atoms with Gasteiger partial charge in [0.15, 0.2) is 0 Å². The molecule has 0 saturated carbocycles. The first kappa shape index (κ1) is 8.26. The predicted octanol–water partition coefficient (Wildman–Crippen LogP) is 2.22. The van der Waals surface area contributed by atoms with E-state index in [-0.39, 0.29) is 0 Å². The van der Waals surface area contributed by atoms with E-state index >= 15 is 0 Å². The molecule has 0 bridgehead atoms. The predicted molar refractivity (Wildman–Crippen MR) is 54.4 cm³/mol. The third-order valence-electron chi connectivity index (χ3n) is 2.48. The van der Waals surface area contributed by atoms with Gasteiger partial charge in [-0.15, -0.1) is 0 Å². The number of fused-ring (bicyclic) bond motifs is 3. The maximum atomic E-state index is 5.90. The molecule has 0 unspecified atom stereocenters. The van der Waals surface area contributed by atoms with E-state index in [4.69, 9.17) is 16.3 Å². The van der Waals surface area contributed by atoms with E-state index in [1.165, 1.54) is 0 Å². The van der Waals surface area contributed by atoms with Crippen molar-refractivity contribution in [3.63, 3.8) is 0 Å². The van der Waals surface area contributed by atoms with Gasteiger partial charge < -0.3 is 9.30 Å². The van der Waals surface area contributed by atoms with Crippen LogP contribution >= 0.6 is 11.6 Å². The third-order valence-corrected chi connectivity index (χ3v) is 2.71. The number of benzene rings is 1. The molecule has 1 aliphatic rings. The summed E-state index contributed by atoms with van der Waals surface area (Å²) in [5.74, 6) is 0.994. The highest BCUT2D eigenvalue weighted by atomic mass is 35.5. The second kappa shape index (κ2) is 2.97. The van der Waals surface area contributed by atoms with Crippen LogP contribution in [0.1, 0.15) is 5.82 Å². The van der Waals surface area contributed by atoms with E-state index in [1.807, 2.05) is 18.2 Å². The maximum Gasteiger partial charge on any atom is 0.136 e. The van der Waals surface area contributed by atoms with Crippen molar-refractivity contribution in [3.8, 4) is 0 Å². The fourth-order valence-electron chi connectivity index (χ4n) is 1.83. The Hall–Kier alpha value is -1.06. The fourth-order valence-corrected chi connectivity index (χ4v) is 2.00. The molecule has 0 amide bonds. The van der Waals surface area contributed by atoms with Gasteiger partial charge in [-0.3, -0.25) is 0 Å². The van der Waals surface area contributed by atoms with E-state index < -0.39 is 0 Å². The lowest BCUT2D eigenvalue weighted by atomic mass is 10.3. The van der Waals surface area contributed by atoms with Crippen molar-refractivity contribution in [2.24, 2.45) is 0 Å². The van der Waals surface area contributed by atoms with Crippen LogP contribution in [0.2, 0.25) is 5.02 Å². The van der Waals surface area contributed by atoms with Crippen LogP contribution in [0.25, 0.3) is 11.0 Å². The molecule has 0 radical (unpaired) electrons. The second-order valence-corrected chi connectivity index (χ2v) is 3.80. The SMILES string of the molecule is Clc1ccc2c(c1)nc1n2CCOC1. The molecule has 3 rings (SSSR count). The van der Waals surface area contributed by atoms with Gasteiger partial charge in [0.05, 0.1) is 17.6 Å². The summed E-state index contributed by atoms with van der Waals surface area (Å²) in [6.07, 6.45) is 0. The van der Waals surface area contributed by atoms with Crippen molar-refractivity contribution in [1.29, 1.82) is 0 Å². The van der Waals surface area contributed by atoms with Crippen molar-refractivity contribution in [1.82, 2.24) is 9.55 Å². The molecule has 0 saturated heterocycles. The lowest BCUT2D eigenvalue weighted by molar-refractivity contribution is 0.0830. The minimum Gasteiger partial charge on any atom is -0.372 e. The standard InChI is InChI=1S/C10H9ClN2O/c11-7-1-2-9-8(5-7)12-10-6-14-4-3-13(9)10/h1-2,5H,3-4,6H2. The van der Waals surface area contributed by atoms with Crippen LogP contribution in [-0.4, -0.2) is 16.2 Å². The smallest absolute Gasteiger partial charge is 0.136 e. The van der Waals surface area contributed by atoms with E-state index in [2.05, 4.69) is 9.55 Å². The summed E-state index contributed by atoms with van der Waals surface area (Å²) in [5.41, 5.74) is 2.10. The quantitative estimate of drug-likeness (QED) is 0.664. The number of ether oxygens (including phenoxy) is 1. The Kier molecular flexibility index (Phi) is 1.75. The largest absolute Gasteiger partial charge is 0.372 e. The highest BCUT2D eigenvalue weighted by Gasteiger charge is 2.14. The molecule has 0 aliphatic carbocycles. The van der Waals surface area contributed by atoms with Crippen molar-refractivity contribution < 1.29 is 4.74 Å². The third kappa shape index (κ3) is 1.13. The van der Waals surface area contributed by atoms with Crippen molar-refractivity contribution in [2.45, 2.75) is 13.2 Å². The number of aromatic nitrogens is 2. The average Bonchev–Trinajstić information content (AvgIpc) is 2.54. The first-order chi connectivity index (χ1) is 6.84. The van der Waals surface area contributed by atoms with Crippen molar-refractivity contribution in [2.75, 3.05) is 6.61 Å². The summed E-state index contributed by atoms with van der Waals surface area (Å²) >= 11 is 5.90. The fraction of sp³-hybridized carbons (Fsp3) is 0.300. The van der Waals surface area contributed by atoms with Gasteiger partial charge in [0.2, 0.25) is 0 Å². The van der Waals surface area contributed by atoms with Gasteiger partial charge in [-0.2, -0.15) is 0 Å². The van der Waals surface area contributed by atoms with Crippen LogP contribution in [0.3, 0.4) is 0 Å². The Morgan fingerprint density at radius 1 is 1.43 bits per heavy atom. The van der Waals surface area contributed by atoms with Gasteiger partial charge in [-0.05, 0) is 18.2 Å². The van der Waals surface area contributed by atoms with Gasteiger partial charge in [0.25, 0.3) is 0 Å². The summed E-state index contributed by atoms with van der Waals surface area (Å²) in [5, 5.41) is 0.730. The van der Waals surface area contributed by atoms with Crippen LogP contribution in [0, 0.1) is 0 Å². The lowest BCUT2D eigenvalue weighted by Gasteiger charge is -2.14. The molecule has 2 aromatic rings. The van der Waals surface area contributed by atoms with Crippen molar-refractivity contribution in [3.05, 3.63) is 29.0 Å². The normalized spacial score (nSPS) is 15.8. The molecule has 2 heterocycles. The summed E-state index contributed by atoms with van der Waals surface area (Å²) in [7, 11) is 0. The van der Waals surface area contributed by atoms with Crippen LogP contribution in [0.4, 0.5) is 0 Å². The first-order valence-electron chi connectivity index (χ1n) is 4.57. The number of rotatable bonds is 0. The number of hydrogen-bond donors (Lipinski definition) is 0. The van der Waals surface area contributed by atoms with Crippen molar-refractivity contribution >= 4 is 22.6 Å². The number of nitrogens with zero attached hydrogens (tertiary/aromatic N) is 2. The molecule has 72 valence electrons. The molecule has 0 atom stereocenters. The summed E-state index contributed by atoms with van der Waals surface area (Å²) in [4.78, 5) is 4.47. The van der Waals surface area contributed by atoms with Gasteiger partial charge in [0, 0.05) is 11.6 Å². The zero-order chi connectivity index (χ0) is 9.54. The lowest BCUT2D eigenvalue weighted by Crippen LogP contribution is -2.16. The molecule has 3 nitrogen and oxygen atoms in total. The average molecular weight is 209 g/mol. The number of imidazole rings is 1. The topological polar surface area (TPSA) is 27.1 Å². The second-order valence-electron chi connectivity index (χ2n) is 3.37. The van der Waals surface area contributed by atoms with E-state index in [1.54, 1.807) is 0 Å². The summed E-state index contributed by atoms with van der Waals surface area (Å²) in [6, 6.07) is 5.80. The molecular formula is C10H9ClN2O. The van der Waals surface area contributed by atoms with Gasteiger partial charge in [0.1, 0.15) is 12.4 Å². The summed E-state index contributed by atoms with van der Waals surface area (Å²) < 4.78 is 7.53. The Labute approximate surface area is 86.3 Å². The molecule has 1 aromatic heterocycles. The van der Waals surface area contributed by atoms with E-state index in [9.17, 15) is 0 Å². The monoisotopic (exact) mass is 208 g/mol. The molecule has 1 aliphatic heterocycles. The Balaban J connectivity index is 2.31. The van der Waals surface area contributed by atoms with Gasteiger partial charge >= 0.3 is 0 Å². The number of hydrogen-bond acceptors (Lipinski definition) is 2.